The second-order valence-corrected chi connectivity index (χ2v) is 8.29. The van der Waals surface area contributed by atoms with Gasteiger partial charge in [-0.1, -0.05) is 18.6 Å². The van der Waals surface area contributed by atoms with Crippen LogP contribution >= 0.6 is 0 Å². The van der Waals surface area contributed by atoms with E-state index in [-0.39, 0.29) is 5.91 Å². The van der Waals surface area contributed by atoms with Gasteiger partial charge in [0.15, 0.2) is 0 Å². The summed E-state index contributed by atoms with van der Waals surface area (Å²) in [5.41, 5.74) is 10.8. The largest absolute Gasteiger partial charge is 0.396 e. The van der Waals surface area contributed by atoms with Crippen LogP contribution in [-0.2, 0) is 0 Å². The molecule has 0 saturated carbocycles. The van der Waals surface area contributed by atoms with Gasteiger partial charge in [-0.3, -0.25) is 19.8 Å². The van der Waals surface area contributed by atoms with Crippen LogP contribution in [0.1, 0.15) is 41.4 Å². The predicted molar refractivity (Wildman–Crippen MR) is 129 cm³/mol. The summed E-state index contributed by atoms with van der Waals surface area (Å²) in [5, 5.41) is 12.8. The molecule has 2 aromatic carbocycles. The number of rotatable bonds is 7. The number of likely N-dealkylation sites (tertiary alicyclic amines) is 1. The van der Waals surface area contributed by atoms with Crippen LogP contribution in [0.15, 0.2) is 48.7 Å². The van der Waals surface area contributed by atoms with E-state index in [1.54, 1.807) is 30.5 Å². The first-order chi connectivity index (χ1) is 15.5. The molecule has 0 bridgehead atoms. The van der Waals surface area contributed by atoms with Crippen molar-refractivity contribution in [2.24, 2.45) is 11.6 Å². The zero-order valence-corrected chi connectivity index (χ0v) is 18.6. The molecule has 0 spiro atoms. The number of aromatic amines is 1. The number of carbonyl (C=O) groups is 1. The molecule has 0 unspecified atom stereocenters. The average Bonchev–Trinajstić information content (AvgIpc) is 3.43. The summed E-state index contributed by atoms with van der Waals surface area (Å²) in [5.74, 6) is 6.13. The van der Waals surface area contributed by atoms with E-state index in [0.29, 0.717) is 35.2 Å². The molecule has 1 atom stereocenters. The molecule has 6 N–H and O–H groups in total. The van der Waals surface area contributed by atoms with Gasteiger partial charge < -0.3 is 11.1 Å². The van der Waals surface area contributed by atoms with Gasteiger partial charge in [0.2, 0.25) is 0 Å². The van der Waals surface area contributed by atoms with Crippen LogP contribution in [0.2, 0.25) is 0 Å². The number of hydrogen-bond donors (Lipinski definition) is 4. The first-order valence-corrected chi connectivity index (χ1v) is 11.0. The minimum atomic E-state index is -0.0727. The Morgan fingerprint density at radius 2 is 2.09 bits per heavy atom. The van der Waals surface area contributed by atoms with E-state index in [1.807, 2.05) is 25.1 Å². The first kappa shape index (κ1) is 21.9. The normalized spacial score (nSPS) is 17.1. The molecule has 1 fully saturated rings. The fraction of sp³-hybridized carbons (Fsp3) is 0.333. The van der Waals surface area contributed by atoms with E-state index in [4.69, 9.17) is 11.6 Å². The highest BCUT2D eigenvalue weighted by molar-refractivity contribution is 5.94. The monoisotopic (exact) mass is 433 g/mol. The lowest BCUT2D eigenvalue weighted by molar-refractivity contribution is 0.0941. The third kappa shape index (κ3) is 4.61. The van der Waals surface area contributed by atoms with E-state index < -0.39 is 0 Å². The molecule has 8 nitrogen and oxygen atoms in total. The fourth-order valence-corrected chi connectivity index (χ4v) is 4.27. The van der Waals surface area contributed by atoms with Crippen molar-refractivity contribution in [3.05, 3.63) is 65.5 Å². The topological polar surface area (TPSA) is 116 Å². The average molecular weight is 434 g/mol. The van der Waals surface area contributed by atoms with Gasteiger partial charge in [0, 0.05) is 29.7 Å². The van der Waals surface area contributed by atoms with Gasteiger partial charge in [0.1, 0.15) is 5.69 Å². The van der Waals surface area contributed by atoms with Gasteiger partial charge in [0.25, 0.3) is 5.91 Å². The van der Waals surface area contributed by atoms with Crippen LogP contribution in [0.3, 0.4) is 0 Å². The number of hydrazine groups is 1. The van der Waals surface area contributed by atoms with Crippen molar-refractivity contribution in [3.63, 3.8) is 0 Å². The van der Waals surface area contributed by atoms with E-state index in [9.17, 15) is 4.79 Å². The third-order valence-corrected chi connectivity index (χ3v) is 6.10. The Balaban J connectivity index is 1.41. The molecule has 8 heteroatoms. The number of fused-ring (bicyclic) bond motifs is 1. The Hall–Kier alpha value is -3.36. The van der Waals surface area contributed by atoms with Crippen LogP contribution in [0.25, 0.3) is 16.6 Å². The highest BCUT2D eigenvalue weighted by atomic mass is 16.1. The standard InChI is InChI=1S/C24H31N7O/c1-3-30-12-4-5-19(30)14-27-24(32)17-7-9-18(10-8-17)31(26)15-21(25)23-20-13-16(2)6-11-22(20)28-29-23/h6-11,13,15,19H,3-5,12,14,25-26H2,1-2H3,(H,27,32)(H,28,29)/b21-15-/t19-/m0/s1. The number of hydrogen-bond acceptors (Lipinski definition) is 6. The quantitative estimate of drug-likeness (QED) is 0.336. The molecule has 3 aromatic rings. The second-order valence-electron chi connectivity index (χ2n) is 8.29. The number of H-pyrrole nitrogens is 1. The minimum Gasteiger partial charge on any atom is -0.396 e. The van der Waals surface area contributed by atoms with Crippen LogP contribution in [0.5, 0.6) is 0 Å². The Kier molecular flexibility index (Phi) is 6.43. The molecule has 32 heavy (non-hydrogen) atoms. The highest BCUT2D eigenvalue weighted by Crippen LogP contribution is 2.22. The number of likely N-dealkylation sites (N-methyl/N-ethyl adjacent to an activating group) is 1. The molecule has 1 aliphatic heterocycles. The summed E-state index contributed by atoms with van der Waals surface area (Å²) in [7, 11) is 0. The lowest BCUT2D eigenvalue weighted by Crippen LogP contribution is -2.40. The predicted octanol–water partition coefficient (Wildman–Crippen LogP) is 2.72. The van der Waals surface area contributed by atoms with E-state index in [1.165, 1.54) is 11.4 Å². The maximum atomic E-state index is 12.5. The van der Waals surface area contributed by atoms with Crippen LogP contribution in [-0.4, -0.2) is 46.7 Å². The van der Waals surface area contributed by atoms with Gasteiger partial charge in [-0.2, -0.15) is 5.10 Å². The van der Waals surface area contributed by atoms with Gasteiger partial charge in [-0.25, -0.2) is 5.84 Å². The van der Waals surface area contributed by atoms with Gasteiger partial charge in [0.05, 0.1) is 16.9 Å². The summed E-state index contributed by atoms with van der Waals surface area (Å²) in [4.78, 5) is 15.0. The number of anilines is 1. The molecule has 1 aliphatic rings. The molecule has 2 heterocycles. The van der Waals surface area contributed by atoms with E-state index in [2.05, 4.69) is 27.3 Å². The van der Waals surface area contributed by atoms with Crippen molar-refractivity contribution in [2.75, 3.05) is 24.6 Å². The number of benzene rings is 2. The number of nitrogens with one attached hydrogen (secondary N) is 2. The number of aryl methyl sites for hydroxylation is 1. The number of carbonyl (C=O) groups excluding carboxylic acids is 1. The Labute approximate surface area is 188 Å². The van der Waals surface area contributed by atoms with Gasteiger partial charge in [-0.05, 0) is 69.3 Å². The van der Waals surface area contributed by atoms with Crippen molar-refractivity contribution in [1.29, 1.82) is 0 Å². The summed E-state index contributed by atoms with van der Waals surface area (Å²) >= 11 is 0. The SMILES string of the molecule is CCN1CCC[C@H]1CNC(=O)c1ccc(N(N)/C=C(\N)c2n[nH]c3ccc(C)cc23)cc1. The smallest absolute Gasteiger partial charge is 0.251 e. The number of nitrogens with zero attached hydrogens (tertiary/aromatic N) is 3. The molecule has 4 rings (SSSR count). The molecule has 1 saturated heterocycles. The van der Waals surface area contributed by atoms with Crippen molar-refractivity contribution in [1.82, 2.24) is 20.4 Å². The van der Waals surface area contributed by atoms with Crippen LogP contribution in [0, 0.1) is 6.92 Å². The lowest BCUT2D eigenvalue weighted by atomic mass is 10.1. The van der Waals surface area contributed by atoms with Gasteiger partial charge in [-0.15, -0.1) is 0 Å². The third-order valence-electron chi connectivity index (χ3n) is 6.10. The molecule has 1 amide bonds. The molecule has 1 aromatic heterocycles. The Bertz CT molecular complexity index is 1120. The molecule has 168 valence electrons. The van der Waals surface area contributed by atoms with Crippen molar-refractivity contribution >= 4 is 28.2 Å². The van der Waals surface area contributed by atoms with Gasteiger partial charge >= 0.3 is 0 Å². The number of amides is 1. The molecular weight excluding hydrogens is 402 g/mol. The summed E-state index contributed by atoms with van der Waals surface area (Å²) in [6.45, 7) is 6.99. The zero-order valence-electron chi connectivity index (χ0n) is 18.6. The Morgan fingerprint density at radius 3 is 2.84 bits per heavy atom. The van der Waals surface area contributed by atoms with E-state index >= 15 is 0 Å². The van der Waals surface area contributed by atoms with Crippen LogP contribution < -0.4 is 21.9 Å². The van der Waals surface area contributed by atoms with Crippen molar-refractivity contribution in [3.8, 4) is 0 Å². The maximum absolute atomic E-state index is 12.5. The summed E-state index contributed by atoms with van der Waals surface area (Å²) in [6, 6.07) is 13.6. The molecular formula is C24H31N7O. The van der Waals surface area contributed by atoms with E-state index in [0.717, 1.165) is 36.0 Å². The zero-order chi connectivity index (χ0) is 22.7. The fourth-order valence-electron chi connectivity index (χ4n) is 4.27. The second kappa shape index (κ2) is 9.42. The Morgan fingerprint density at radius 1 is 1.31 bits per heavy atom. The molecule has 0 aliphatic carbocycles. The van der Waals surface area contributed by atoms with Crippen LogP contribution in [0.4, 0.5) is 5.69 Å². The first-order valence-electron chi connectivity index (χ1n) is 11.0. The highest BCUT2D eigenvalue weighted by Gasteiger charge is 2.23. The van der Waals surface area contributed by atoms with Crippen molar-refractivity contribution in [2.45, 2.75) is 32.7 Å². The minimum absolute atomic E-state index is 0.0727. The summed E-state index contributed by atoms with van der Waals surface area (Å²) < 4.78 is 0. The lowest BCUT2D eigenvalue weighted by Gasteiger charge is -2.23. The number of nitrogens with two attached hydrogens (primary N) is 2. The van der Waals surface area contributed by atoms with Crippen molar-refractivity contribution < 1.29 is 4.79 Å². The maximum Gasteiger partial charge on any atom is 0.251 e. The summed E-state index contributed by atoms with van der Waals surface area (Å²) in [6.07, 6.45) is 3.96. The number of aromatic nitrogens is 2. The molecule has 0 radical (unpaired) electrons.